The number of fused-ring (bicyclic) bond motifs is 1. The number of nitrogens with one attached hydrogen (secondary N) is 1. The van der Waals surface area contributed by atoms with Gasteiger partial charge >= 0.3 is 0 Å². The zero-order chi connectivity index (χ0) is 19.2. The fourth-order valence-corrected chi connectivity index (χ4v) is 2.94. The Morgan fingerprint density at radius 1 is 0.964 bits per heavy atom. The molecule has 5 heteroatoms. The van der Waals surface area contributed by atoms with Crippen molar-refractivity contribution in [1.82, 2.24) is 5.32 Å². The average molecular weight is 375 g/mol. The van der Waals surface area contributed by atoms with Crippen LogP contribution in [0.4, 0.5) is 0 Å². The molecule has 5 nitrogen and oxygen atoms in total. The first kappa shape index (κ1) is 17.9. The molecule has 1 aliphatic rings. The second kappa shape index (κ2) is 8.48. The van der Waals surface area contributed by atoms with Crippen molar-refractivity contribution < 1.29 is 19.0 Å². The van der Waals surface area contributed by atoms with Gasteiger partial charge in [0.05, 0.1) is 6.54 Å². The van der Waals surface area contributed by atoms with E-state index in [4.69, 9.17) is 14.2 Å². The maximum absolute atomic E-state index is 12.5. The minimum absolute atomic E-state index is 0.174. The molecule has 1 N–H and O–H groups in total. The lowest BCUT2D eigenvalue weighted by molar-refractivity contribution is 0.0789. The van der Waals surface area contributed by atoms with Gasteiger partial charge in [-0.1, -0.05) is 48.5 Å². The minimum atomic E-state index is -0.226. The smallest absolute Gasteiger partial charge is 0.251 e. The molecule has 0 aromatic heterocycles. The first-order valence-corrected chi connectivity index (χ1v) is 9.21. The van der Waals surface area contributed by atoms with Crippen molar-refractivity contribution in [2.45, 2.75) is 12.7 Å². The van der Waals surface area contributed by atoms with E-state index in [0.29, 0.717) is 36.8 Å². The van der Waals surface area contributed by atoms with Crippen molar-refractivity contribution in [3.8, 4) is 17.2 Å². The Hall–Kier alpha value is -3.47. The highest BCUT2D eigenvalue weighted by Gasteiger charge is 2.21. The van der Waals surface area contributed by atoms with Crippen molar-refractivity contribution in [3.05, 3.63) is 90.0 Å². The summed E-state index contributed by atoms with van der Waals surface area (Å²) in [5.41, 5.74) is 1.62. The van der Waals surface area contributed by atoms with Gasteiger partial charge in [0.1, 0.15) is 25.1 Å². The van der Waals surface area contributed by atoms with Gasteiger partial charge in [0.25, 0.3) is 5.91 Å². The third kappa shape index (κ3) is 4.43. The van der Waals surface area contributed by atoms with Crippen molar-refractivity contribution >= 4 is 5.91 Å². The monoisotopic (exact) mass is 375 g/mol. The van der Waals surface area contributed by atoms with Crippen LogP contribution in [0.3, 0.4) is 0 Å². The van der Waals surface area contributed by atoms with Gasteiger partial charge < -0.3 is 19.5 Å². The van der Waals surface area contributed by atoms with Gasteiger partial charge in [-0.05, 0) is 35.9 Å². The number of hydrogen-bond acceptors (Lipinski definition) is 4. The average Bonchev–Trinajstić information content (AvgIpc) is 2.77. The van der Waals surface area contributed by atoms with E-state index < -0.39 is 0 Å². The van der Waals surface area contributed by atoms with Crippen LogP contribution in [0.25, 0.3) is 0 Å². The summed E-state index contributed by atoms with van der Waals surface area (Å²) < 4.78 is 17.3. The maximum atomic E-state index is 12.5. The number of carbonyl (C=O) groups is 1. The number of rotatable bonds is 6. The summed E-state index contributed by atoms with van der Waals surface area (Å²) in [5.74, 6) is 1.91. The first-order chi connectivity index (χ1) is 13.8. The lowest BCUT2D eigenvalue weighted by atomic mass is 10.2. The summed E-state index contributed by atoms with van der Waals surface area (Å²) in [6.45, 7) is 1.22. The third-order valence-electron chi connectivity index (χ3n) is 4.40. The molecule has 1 atom stereocenters. The predicted molar refractivity (Wildman–Crippen MR) is 106 cm³/mol. The van der Waals surface area contributed by atoms with Crippen molar-refractivity contribution in [2.75, 3.05) is 13.2 Å². The Labute approximate surface area is 163 Å². The fourth-order valence-electron chi connectivity index (χ4n) is 2.94. The normalized spacial score (nSPS) is 14.9. The molecule has 1 amide bonds. The van der Waals surface area contributed by atoms with Crippen LogP contribution in [0.15, 0.2) is 78.9 Å². The molecule has 28 heavy (non-hydrogen) atoms. The molecule has 0 spiro atoms. The van der Waals surface area contributed by atoms with Crippen molar-refractivity contribution in [3.63, 3.8) is 0 Å². The Bertz CT molecular complexity index is 942. The molecule has 0 aliphatic carbocycles. The van der Waals surface area contributed by atoms with Crippen LogP contribution in [-0.4, -0.2) is 25.2 Å². The van der Waals surface area contributed by atoms with Crippen LogP contribution in [0.2, 0.25) is 0 Å². The number of carbonyl (C=O) groups excluding carboxylic acids is 1. The van der Waals surface area contributed by atoms with Crippen LogP contribution in [-0.2, 0) is 6.61 Å². The standard InChI is InChI=1S/C23H21NO4/c25-23(24-14-20-16-27-21-11-4-5-12-22(21)28-20)18-9-6-10-19(13-18)26-15-17-7-2-1-3-8-17/h1-13,20H,14-16H2,(H,24,25)/t20-/m0/s1. The van der Waals surface area contributed by atoms with Crippen molar-refractivity contribution in [1.29, 1.82) is 0 Å². The molecular weight excluding hydrogens is 354 g/mol. The van der Waals surface area contributed by atoms with E-state index >= 15 is 0 Å². The second-order valence-corrected chi connectivity index (χ2v) is 6.51. The molecule has 142 valence electrons. The summed E-state index contributed by atoms with van der Waals surface area (Å²) in [7, 11) is 0. The topological polar surface area (TPSA) is 56.8 Å². The SMILES string of the molecule is O=C(NC[C@H]1COc2ccccc2O1)c1cccc(OCc2ccccc2)c1. The van der Waals surface area contributed by atoms with Gasteiger partial charge in [-0.25, -0.2) is 0 Å². The molecule has 4 rings (SSSR count). The Balaban J connectivity index is 1.31. The molecule has 0 unspecified atom stereocenters. The molecule has 0 saturated carbocycles. The van der Waals surface area contributed by atoms with Crippen LogP contribution in [0.5, 0.6) is 17.2 Å². The molecule has 1 aliphatic heterocycles. The summed E-state index contributed by atoms with van der Waals surface area (Å²) in [5, 5.41) is 2.90. The summed E-state index contributed by atoms with van der Waals surface area (Å²) in [4.78, 5) is 12.5. The van der Waals surface area contributed by atoms with Gasteiger partial charge in [0.15, 0.2) is 11.5 Å². The number of para-hydroxylation sites is 2. The molecule has 3 aromatic rings. The minimum Gasteiger partial charge on any atom is -0.489 e. The number of hydrogen-bond donors (Lipinski definition) is 1. The van der Waals surface area contributed by atoms with E-state index in [1.165, 1.54) is 0 Å². The van der Waals surface area contributed by atoms with E-state index in [2.05, 4.69) is 5.32 Å². The highest BCUT2D eigenvalue weighted by Crippen LogP contribution is 2.30. The molecule has 0 fully saturated rings. The Kier molecular flexibility index (Phi) is 5.43. The van der Waals surface area contributed by atoms with Gasteiger partial charge in [0, 0.05) is 5.56 Å². The largest absolute Gasteiger partial charge is 0.489 e. The van der Waals surface area contributed by atoms with Gasteiger partial charge in [-0.3, -0.25) is 4.79 Å². The molecule has 0 saturated heterocycles. The number of ether oxygens (including phenoxy) is 3. The molecule has 0 bridgehead atoms. The van der Waals surface area contributed by atoms with Crippen molar-refractivity contribution in [2.24, 2.45) is 0 Å². The summed E-state index contributed by atoms with van der Waals surface area (Å²) in [6.07, 6.45) is -0.226. The summed E-state index contributed by atoms with van der Waals surface area (Å²) >= 11 is 0. The van der Waals surface area contributed by atoms with Gasteiger partial charge in [-0.2, -0.15) is 0 Å². The molecule has 0 radical (unpaired) electrons. The number of amides is 1. The van der Waals surface area contributed by atoms with Crippen LogP contribution >= 0.6 is 0 Å². The van der Waals surface area contributed by atoms with Gasteiger partial charge in [0.2, 0.25) is 0 Å². The third-order valence-corrected chi connectivity index (χ3v) is 4.40. The highest BCUT2D eigenvalue weighted by atomic mass is 16.6. The molecule has 3 aromatic carbocycles. The lowest BCUT2D eigenvalue weighted by Gasteiger charge is -2.26. The Morgan fingerprint density at radius 2 is 1.75 bits per heavy atom. The van der Waals surface area contributed by atoms with E-state index in [0.717, 1.165) is 11.3 Å². The first-order valence-electron chi connectivity index (χ1n) is 9.21. The predicted octanol–water partition coefficient (Wildman–Crippen LogP) is 3.84. The fraction of sp³-hybridized carbons (Fsp3) is 0.174. The zero-order valence-corrected chi connectivity index (χ0v) is 15.3. The van der Waals surface area contributed by atoms with E-state index in [9.17, 15) is 4.79 Å². The highest BCUT2D eigenvalue weighted by molar-refractivity contribution is 5.94. The maximum Gasteiger partial charge on any atom is 0.251 e. The zero-order valence-electron chi connectivity index (χ0n) is 15.3. The van der Waals surface area contributed by atoms with Crippen LogP contribution in [0.1, 0.15) is 15.9 Å². The van der Waals surface area contributed by atoms with E-state index in [-0.39, 0.29) is 12.0 Å². The van der Waals surface area contributed by atoms with Crippen LogP contribution in [0, 0.1) is 0 Å². The van der Waals surface area contributed by atoms with Gasteiger partial charge in [-0.15, -0.1) is 0 Å². The molecule has 1 heterocycles. The van der Waals surface area contributed by atoms with E-state index in [1.54, 1.807) is 12.1 Å². The lowest BCUT2D eigenvalue weighted by Crippen LogP contribution is -2.40. The van der Waals surface area contributed by atoms with E-state index in [1.807, 2.05) is 66.7 Å². The van der Waals surface area contributed by atoms with Crippen LogP contribution < -0.4 is 19.5 Å². The quantitative estimate of drug-likeness (QED) is 0.711. The Morgan fingerprint density at radius 3 is 2.61 bits per heavy atom. The molecular formula is C23H21NO4. The second-order valence-electron chi connectivity index (χ2n) is 6.51. The summed E-state index contributed by atoms with van der Waals surface area (Å²) in [6, 6.07) is 24.6. The number of benzene rings is 3.